The molecule has 1 aliphatic rings. The van der Waals surface area contributed by atoms with E-state index < -0.39 is 23.7 Å². The Balaban J connectivity index is 2.02. The molecule has 1 saturated heterocycles. The average Bonchev–Trinajstić information content (AvgIpc) is 3.43. The molecule has 0 spiro atoms. The number of ether oxygens (including phenoxy) is 4. The molecule has 0 radical (unpaired) electrons. The number of aliphatic hydroxyl groups is 1. The number of hydrogen-bond donors (Lipinski definition) is 1. The van der Waals surface area contributed by atoms with E-state index in [-0.39, 0.29) is 21.3 Å². The lowest BCUT2D eigenvalue weighted by molar-refractivity contribution is -0.132. The van der Waals surface area contributed by atoms with Gasteiger partial charge in [0.15, 0.2) is 5.13 Å². The van der Waals surface area contributed by atoms with E-state index in [1.807, 2.05) is 0 Å². The van der Waals surface area contributed by atoms with Crippen molar-refractivity contribution in [2.75, 3.05) is 33.3 Å². The van der Waals surface area contributed by atoms with Gasteiger partial charge in [0, 0.05) is 11.1 Å². The van der Waals surface area contributed by atoms with Gasteiger partial charge in [-0.1, -0.05) is 11.3 Å². The van der Waals surface area contributed by atoms with Crippen LogP contribution in [0, 0.1) is 13.8 Å². The van der Waals surface area contributed by atoms with Crippen LogP contribution in [0.4, 0.5) is 5.13 Å². The van der Waals surface area contributed by atoms with Gasteiger partial charge in [-0.25, -0.2) is 9.78 Å². The molecule has 11 heteroatoms. The molecule has 1 unspecified atom stereocenters. The summed E-state index contributed by atoms with van der Waals surface area (Å²) in [5.74, 6) is -1.47. The molecule has 1 atom stereocenters. The highest BCUT2D eigenvalue weighted by Crippen LogP contribution is 2.47. The Morgan fingerprint density at radius 3 is 2.24 bits per heavy atom. The number of aliphatic hydroxyl groups excluding tert-OH is 1. The van der Waals surface area contributed by atoms with Crippen LogP contribution < -0.4 is 19.1 Å². The summed E-state index contributed by atoms with van der Waals surface area (Å²) in [6.07, 6.45) is 0. The molecule has 198 valence electrons. The maximum atomic E-state index is 13.5. The lowest BCUT2D eigenvalue weighted by atomic mass is 9.93. The zero-order valence-corrected chi connectivity index (χ0v) is 22.5. The second-order valence-electron chi connectivity index (χ2n) is 8.36. The molecule has 4 rings (SSSR count). The van der Waals surface area contributed by atoms with Gasteiger partial charge in [0.05, 0.1) is 39.7 Å². The average molecular weight is 539 g/mol. The van der Waals surface area contributed by atoms with Crippen LogP contribution in [-0.4, -0.2) is 56.2 Å². The third-order valence-corrected chi connectivity index (χ3v) is 7.36. The quantitative estimate of drug-likeness (QED) is 0.204. The van der Waals surface area contributed by atoms with Crippen molar-refractivity contribution < 1.29 is 38.4 Å². The van der Waals surface area contributed by atoms with E-state index in [1.165, 1.54) is 28.4 Å². The van der Waals surface area contributed by atoms with E-state index in [0.717, 1.165) is 16.2 Å². The summed E-state index contributed by atoms with van der Waals surface area (Å²) < 4.78 is 21.0. The zero-order chi connectivity index (χ0) is 27.7. The Kier molecular flexibility index (Phi) is 7.40. The number of benzene rings is 2. The molecule has 10 nitrogen and oxygen atoms in total. The van der Waals surface area contributed by atoms with Crippen LogP contribution in [0.5, 0.6) is 17.2 Å². The molecule has 1 N–H and O–H groups in total. The molecule has 1 amide bonds. The molecule has 0 saturated carbocycles. The fraction of sp³-hybridized carbons (Fsp3) is 0.259. The summed E-state index contributed by atoms with van der Waals surface area (Å²) in [7, 11) is 5.70. The normalized spacial score (nSPS) is 16.5. The fourth-order valence-electron chi connectivity index (χ4n) is 4.32. The minimum Gasteiger partial charge on any atom is -0.507 e. The predicted octanol–water partition coefficient (Wildman–Crippen LogP) is 4.20. The smallest absolute Gasteiger partial charge is 0.350 e. The second kappa shape index (κ2) is 10.5. The molecule has 1 aromatic heterocycles. The molecule has 2 heterocycles. The monoisotopic (exact) mass is 538 g/mol. The van der Waals surface area contributed by atoms with Gasteiger partial charge in [-0.15, -0.1) is 0 Å². The first-order valence-corrected chi connectivity index (χ1v) is 12.2. The van der Waals surface area contributed by atoms with Crippen LogP contribution in [0.25, 0.3) is 5.76 Å². The minimum atomic E-state index is -1.14. The van der Waals surface area contributed by atoms with Gasteiger partial charge in [-0.3, -0.25) is 14.5 Å². The maximum absolute atomic E-state index is 13.5. The Bertz CT molecular complexity index is 1480. The molecule has 38 heavy (non-hydrogen) atoms. The first-order chi connectivity index (χ1) is 18.2. The zero-order valence-electron chi connectivity index (χ0n) is 21.6. The first-order valence-electron chi connectivity index (χ1n) is 11.4. The summed E-state index contributed by atoms with van der Waals surface area (Å²) >= 11 is 0.909. The maximum Gasteiger partial charge on any atom is 0.350 e. The van der Waals surface area contributed by atoms with Crippen LogP contribution in [0.1, 0.15) is 38.1 Å². The highest BCUT2D eigenvalue weighted by Gasteiger charge is 2.49. The number of ketones is 1. The van der Waals surface area contributed by atoms with E-state index in [2.05, 4.69) is 4.98 Å². The standard InChI is InChI=1S/C27H26N2O8S/c1-13-11-15(34-3)7-9-17(13)22(30)20-21(18-12-16(35-4)8-10-19(18)36-5)29(25(32)23(20)31)27-28-14(2)24(38-27)26(33)37-6/h7-12,21,30H,1-6H3. The SMILES string of the molecule is COC(=O)c1sc(N2C(=O)C(=O)C(=C(O)c3ccc(OC)cc3C)C2c2cc(OC)ccc2OC)nc1C. The number of carbonyl (C=O) groups is 3. The number of nitrogens with zero attached hydrogens (tertiary/aromatic N) is 2. The van der Waals surface area contributed by atoms with Crippen molar-refractivity contribution in [2.24, 2.45) is 0 Å². The van der Waals surface area contributed by atoms with Gasteiger partial charge < -0.3 is 24.1 Å². The number of aromatic nitrogens is 1. The number of aryl methyl sites for hydroxylation is 2. The predicted molar refractivity (Wildman–Crippen MR) is 140 cm³/mol. The van der Waals surface area contributed by atoms with Crippen LogP contribution in [0.15, 0.2) is 42.0 Å². The van der Waals surface area contributed by atoms with Gasteiger partial charge >= 0.3 is 11.9 Å². The number of thiazole rings is 1. The number of amides is 1. The number of carbonyl (C=O) groups excluding carboxylic acids is 3. The highest BCUT2D eigenvalue weighted by atomic mass is 32.1. The lowest BCUT2D eigenvalue weighted by Crippen LogP contribution is -2.29. The number of rotatable bonds is 7. The molecule has 3 aromatic rings. The number of esters is 1. The summed E-state index contributed by atoms with van der Waals surface area (Å²) in [6, 6.07) is 8.76. The topological polar surface area (TPSA) is 124 Å². The molecular formula is C27H26N2O8S. The van der Waals surface area contributed by atoms with Crippen LogP contribution >= 0.6 is 11.3 Å². The van der Waals surface area contributed by atoms with Crippen LogP contribution in [0.2, 0.25) is 0 Å². The third-order valence-electron chi connectivity index (χ3n) is 6.23. The van der Waals surface area contributed by atoms with Crippen molar-refractivity contribution in [1.82, 2.24) is 4.98 Å². The van der Waals surface area contributed by atoms with Gasteiger partial charge in [0.2, 0.25) is 0 Å². The summed E-state index contributed by atoms with van der Waals surface area (Å²) in [4.78, 5) is 45.1. The third kappa shape index (κ3) is 4.45. The largest absolute Gasteiger partial charge is 0.507 e. The van der Waals surface area contributed by atoms with Crippen molar-refractivity contribution in [3.8, 4) is 17.2 Å². The summed E-state index contributed by atoms with van der Waals surface area (Å²) in [6.45, 7) is 3.35. The Morgan fingerprint density at radius 2 is 1.63 bits per heavy atom. The Morgan fingerprint density at radius 1 is 0.974 bits per heavy atom. The van der Waals surface area contributed by atoms with E-state index in [1.54, 1.807) is 50.2 Å². The van der Waals surface area contributed by atoms with Crippen molar-refractivity contribution in [3.63, 3.8) is 0 Å². The molecule has 1 aliphatic heterocycles. The lowest BCUT2D eigenvalue weighted by Gasteiger charge is -2.25. The first kappa shape index (κ1) is 26.7. The number of anilines is 1. The van der Waals surface area contributed by atoms with Gasteiger partial charge in [0.25, 0.3) is 5.78 Å². The van der Waals surface area contributed by atoms with Crippen LogP contribution in [-0.2, 0) is 14.3 Å². The van der Waals surface area contributed by atoms with Crippen molar-refractivity contribution >= 4 is 39.9 Å². The minimum absolute atomic E-state index is 0.0883. The van der Waals surface area contributed by atoms with E-state index >= 15 is 0 Å². The molecular weight excluding hydrogens is 512 g/mol. The van der Waals surface area contributed by atoms with Crippen molar-refractivity contribution in [2.45, 2.75) is 19.9 Å². The summed E-state index contributed by atoms with van der Waals surface area (Å²) in [5, 5.41) is 11.6. The fourth-order valence-corrected chi connectivity index (χ4v) is 5.33. The number of Topliss-reactive ketones (excluding diaryl/α,β-unsaturated/α-hetero) is 1. The molecule has 2 aromatic carbocycles. The van der Waals surface area contributed by atoms with E-state index in [0.29, 0.717) is 39.6 Å². The molecule has 1 fully saturated rings. The second-order valence-corrected chi connectivity index (χ2v) is 9.34. The van der Waals surface area contributed by atoms with Gasteiger partial charge in [0.1, 0.15) is 33.9 Å². The van der Waals surface area contributed by atoms with E-state index in [4.69, 9.17) is 18.9 Å². The number of methoxy groups -OCH3 is 4. The summed E-state index contributed by atoms with van der Waals surface area (Å²) in [5.41, 5.74) is 1.53. The highest BCUT2D eigenvalue weighted by molar-refractivity contribution is 7.17. The van der Waals surface area contributed by atoms with Crippen molar-refractivity contribution in [3.05, 3.63) is 69.2 Å². The van der Waals surface area contributed by atoms with Gasteiger partial charge in [-0.05, 0) is 55.8 Å². The Labute approximate surface area is 223 Å². The molecule has 0 aliphatic carbocycles. The van der Waals surface area contributed by atoms with Crippen LogP contribution in [0.3, 0.4) is 0 Å². The Hall–Kier alpha value is -4.38. The van der Waals surface area contributed by atoms with Crippen molar-refractivity contribution in [1.29, 1.82) is 0 Å². The van der Waals surface area contributed by atoms with Gasteiger partial charge in [-0.2, -0.15) is 0 Å². The van der Waals surface area contributed by atoms with E-state index in [9.17, 15) is 19.5 Å². The molecule has 0 bridgehead atoms. The number of hydrogen-bond acceptors (Lipinski definition) is 10.